The van der Waals surface area contributed by atoms with Gasteiger partial charge in [0.05, 0.1) is 5.52 Å². The van der Waals surface area contributed by atoms with Crippen LogP contribution < -0.4 is 0 Å². The lowest BCUT2D eigenvalue weighted by Gasteiger charge is -2.09. The molecule has 0 aliphatic carbocycles. The van der Waals surface area contributed by atoms with Crippen LogP contribution in [0.2, 0.25) is 0 Å². The molecule has 0 unspecified atom stereocenters. The van der Waals surface area contributed by atoms with E-state index in [-0.39, 0.29) is 11.8 Å². The number of allylic oxidation sites excluding steroid dienone is 1. The fraction of sp³-hybridized carbons (Fsp3) is 0.348. The number of phenols is 1. The van der Waals surface area contributed by atoms with Gasteiger partial charge in [-0.2, -0.15) is 5.10 Å². The maximum Gasteiger partial charge on any atom is 0.115 e. The molecule has 0 saturated carbocycles. The maximum absolute atomic E-state index is 9.58. The molecule has 0 bridgehead atoms. The van der Waals surface area contributed by atoms with Crippen molar-refractivity contribution in [2.45, 2.75) is 52.5 Å². The van der Waals surface area contributed by atoms with Crippen LogP contribution in [0.25, 0.3) is 28.2 Å². The van der Waals surface area contributed by atoms with Crippen molar-refractivity contribution in [2.24, 2.45) is 0 Å². The second-order valence-corrected chi connectivity index (χ2v) is 7.08. The SMILES string of the molecule is CCCCCC=Cc1cccc2c(-c3ccc(O)cc3)nn(C(C)C)c12. The van der Waals surface area contributed by atoms with Crippen molar-refractivity contribution in [1.82, 2.24) is 9.78 Å². The normalized spacial score (nSPS) is 11.8. The minimum atomic E-state index is 0.275. The topological polar surface area (TPSA) is 38.1 Å². The lowest BCUT2D eigenvalue weighted by molar-refractivity contribution is 0.475. The number of phenolic OH excluding ortho intramolecular Hbond substituents is 1. The Morgan fingerprint density at radius 2 is 1.85 bits per heavy atom. The lowest BCUT2D eigenvalue weighted by Crippen LogP contribution is -2.03. The van der Waals surface area contributed by atoms with Crippen LogP contribution >= 0.6 is 0 Å². The number of aromatic hydroxyl groups is 1. The molecule has 0 saturated heterocycles. The molecule has 136 valence electrons. The van der Waals surface area contributed by atoms with Crippen molar-refractivity contribution in [3.05, 3.63) is 54.1 Å². The Morgan fingerprint density at radius 1 is 1.08 bits per heavy atom. The number of unbranched alkanes of at least 4 members (excludes halogenated alkanes) is 3. The minimum absolute atomic E-state index is 0.275. The summed E-state index contributed by atoms with van der Waals surface area (Å²) < 4.78 is 2.11. The molecule has 2 aromatic carbocycles. The van der Waals surface area contributed by atoms with E-state index < -0.39 is 0 Å². The van der Waals surface area contributed by atoms with Crippen LogP contribution in [0.3, 0.4) is 0 Å². The van der Waals surface area contributed by atoms with Crippen LogP contribution in [-0.2, 0) is 0 Å². The summed E-state index contributed by atoms with van der Waals surface area (Å²) in [5, 5.41) is 15.6. The summed E-state index contributed by atoms with van der Waals surface area (Å²) in [7, 11) is 0. The Kier molecular flexibility index (Phi) is 5.77. The largest absolute Gasteiger partial charge is 0.508 e. The van der Waals surface area contributed by atoms with E-state index in [1.807, 2.05) is 12.1 Å². The third kappa shape index (κ3) is 3.82. The summed E-state index contributed by atoms with van der Waals surface area (Å²) in [5.74, 6) is 0.275. The van der Waals surface area contributed by atoms with Crippen LogP contribution in [-0.4, -0.2) is 14.9 Å². The molecule has 0 radical (unpaired) electrons. The third-order valence-corrected chi connectivity index (χ3v) is 4.66. The zero-order chi connectivity index (χ0) is 18.5. The summed E-state index contributed by atoms with van der Waals surface area (Å²) >= 11 is 0. The highest BCUT2D eigenvalue weighted by molar-refractivity contribution is 5.97. The van der Waals surface area contributed by atoms with E-state index in [2.05, 4.69) is 55.8 Å². The van der Waals surface area contributed by atoms with Crippen LogP contribution in [0.1, 0.15) is 58.1 Å². The molecule has 0 spiro atoms. The zero-order valence-electron chi connectivity index (χ0n) is 15.9. The molecular formula is C23H28N2O. The summed E-state index contributed by atoms with van der Waals surface area (Å²) in [6, 6.07) is 14.0. The van der Waals surface area contributed by atoms with Crippen molar-refractivity contribution >= 4 is 17.0 Å². The van der Waals surface area contributed by atoms with Gasteiger partial charge in [-0.1, -0.05) is 50.1 Å². The van der Waals surface area contributed by atoms with Gasteiger partial charge in [0.25, 0.3) is 0 Å². The molecule has 3 rings (SSSR count). The Bertz CT molecular complexity index is 888. The number of fused-ring (bicyclic) bond motifs is 1. The molecule has 0 aliphatic rings. The first-order valence-electron chi connectivity index (χ1n) is 9.59. The molecule has 0 atom stereocenters. The van der Waals surface area contributed by atoms with Gasteiger partial charge in [0, 0.05) is 22.6 Å². The number of rotatable bonds is 7. The average molecular weight is 348 g/mol. The predicted octanol–water partition coefficient (Wildman–Crippen LogP) is 6.58. The van der Waals surface area contributed by atoms with E-state index in [0.29, 0.717) is 0 Å². The Morgan fingerprint density at radius 3 is 2.54 bits per heavy atom. The highest BCUT2D eigenvalue weighted by atomic mass is 16.3. The predicted molar refractivity (Wildman–Crippen MR) is 110 cm³/mol. The van der Waals surface area contributed by atoms with Crippen LogP contribution in [0.4, 0.5) is 0 Å². The van der Waals surface area contributed by atoms with Crippen molar-refractivity contribution in [1.29, 1.82) is 0 Å². The molecule has 0 aliphatic heterocycles. The van der Waals surface area contributed by atoms with E-state index in [1.165, 1.54) is 30.3 Å². The summed E-state index contributed by atoms with van der Waals surface area (Å²) in [6.45, 7) is 6.56. The summed E-state index contributed by atoms with van der Waals surface area (Å²) in [4.78, 5) is 0. The summed E-state index contributed by atoms with van der Waals surface area (Å²) in [5.41, 5.74) is 4.38. The van der Waals surface area contributed by atoms with Crippen molar-refractivity contribution < 1.29 is 5.11 Å². The van der Waals surface area contributed by atoms with Crippen molar-refractivity contribution in [2.75, 3.05) is 0 Å². The highest BCUT2D eigenvalue weighted by Crippen LogP contribution is 2.33. The van der Waals surface area contributed by atoms with Gasteiger partial charge in [-0.05, 0) is 51.0 Å². The molecule has 1 aromatic heterocycles. The molecule has 26 heavy (non-hydrogen) atoms. The molecular weight excluding hydrogens is 320 g/mol. The van der Waals surface area contributed by atoms with E-state index in [1.54, 1.807) is 12.1 Å². The Labute approximate surface area is 156 Å². The van der Waals surface area contributed by atoms with Crippen molar-refractivity contribution in [3.8, 4) is 17.0 Å². The Hall–Kier alpha value is -2.55. The van der Waals surface area contributed by atoms with E-state index in [4.69, 9.17) is 5.10 Å². The maximum atomic E-state index is 9.58. The number of nitrogens with zero attached hydrogens (tertiary/aromatic N) is 2. The molecule has 0 amide bonds. The molecule has 1 N–H and O–H groups in total. The number of aromatic nitrogens is 2. The molecule has 0 fully saturated rings. The monoisotopic (exact) mass is 348 g/mol. The van der Waals surface area contributed by atoms with Gasteiger partial charge in [0.15, 0.2) is 0 Å². The van der Waals surface area contributed by atoms with E-state index in [9.17, 15) is 5.11 Å². The van der Waals surface area contributed by atoms with Gasteiger partial charge in [-0.25, -0.2) is 0 Å². The van der Waals surface area contributed by atoms with Crippen molar-refractivity contribution in [3.63, 3.8) is 0 Å². The first-order chi connectivity index (χ1) is 12.6. The molecule has 3 aromatic rings. The first-order valence-corrected chi connectivity index (χ1v) is 9.59. The lowest BCUT2D eigenvalue weighted by atomic mass is 10.0. The fourth-order valence-corrected chi connectivity index (χ4v) is 3.28. The quantitative estimate of drug-likeness (QED) is 0.489. The van der Waals surface area contributed by atoms with Crippen LogP contribution in [0.15, 0.2) is 48.5 Å². The fourth-order valence-electron chi connectivity index (χ4n) is 3.28. The Balaban J connectivity index is 2.06. The third-order valence-electron chi connectivity index (χ3n) is 4.66. The summed E-state index contributed by atoms with van der Waals surface area (Å²) in [6.07, 6.45) is 9.40. The van der Waals surface area contributed by atoms with Gasteiger partial charge in [0.2, 0.25) is 0 Å². The zero-order valence-corrected chi connectivity index (χ0v) is 15.9. The first kappa shape index (κ1) is 18.2. The van der Waals surface area contributed by atoms with Gasteiger partial charge in [-0.15, -0.1) is 0 Å². The second kappa shape index (κ2) is 8.22. The molecule has 1 heterocycles. The second-order valence-electron chi connectivity index (χ2n) is 7.08. The number of hydrogen-bond donors (Lipinski definition) is 1. The number of benzene rings is 2. The minimum Gasteiger partial charge on any atom is -0.508 e. The molecule has 3 heteroatoms. The highest BCUT2D eigenvalue weighted by Gasteiger charge is 2.16. The number of hydrogen-bond acceptors (Lipinski definition) is 2. The molecule has 3 nitrogen and oxygen atoms in total. The van der Waals surface area contributed by atoms with Gasteiger partial charge < -0.3 is 5.11 Å². The van der Waals surface area contributed by atoms with E-state index >= 15 is 0 Å². The van der Waals surface area contributed by atoms with Crippen LogP contribution in [0, 0.1) is 0 Å². The average Bonchev–Trinajstić information content (AvgIpc) is 3.03. The number of para-hydroxylation sites is 1. The van der Waals surface area contributed by atoms with Gasteiger partial charge in [-0.3, -0.25) is 4.68 Å². The van der Waals surface area contributed by atoms with Gasteiger partial charge >= 0.3 is 0 Å². The van der Waals surface area contributed by atoms with Gasteiger partial charge in [0.1, 0.15) is 11.4 Å². The van der Waals surface area contributed by atoms with E-state index in [0.717, 1.165) is 23.1 Å². The standard InChI is InChI=1S/C23H28N2O/c1-4-5-6-7-8-10-19-11-9-12-21-22(18-13-15-20(26)16-14-18)24-25(17(2)3)23(19)21/h8-17,26H,4-7H2,1-3H3. The van der Waals surface area contributed by atoms with Crippen LogP contribution in [0.5, 0.6) is 5.75 Å². The smallest absolute Gasteiger partial charge is 0.115 e.